The van der Waals surface area contributed by atoms with Crippen LogP contribution in [0.25, 0.3) is 0 Å². The maximum absolute atomic E-state index is 12.7. The predicted molar refractivity (Wildman–Crippen MR) is 61.1 cm³/mol. The Balaban J connectivity index is 2.56. The topological polar surface area (TPSA) is 20.2 Å². The van der Waals surface area contributed by atoms with Crippen LogP contribution >= 0.6 is 23.2 Å². The lowest BCUT2D eigenvalue weighted by Gasteiger charge is -2.10. The summed E-state index contributed by atoms with van der Waals surface area (Å²) in [6.07, 6.45) is 1.38. The normalized spacial score (nSPS) is 12.8. The summed E-state index contributed by atoms with van der Waals surface area (Å²) < 4.78 is 12.7. The first-order chi connectivity index (χ1) is 7.13. The van der Waals surface area contributed by atoms with Crippen molar-refractivity contribution in [1.29, 1.82) is 0 Å². The van der Waals surface area contributed by atoms with Crippen LogP contribution in [0.5, 0.6) is 0 Å². The Morgan fingerprint density at radius 2 is 2.13 bits per heavy atom. The molecule has 1 nitrogen and oxygen atoms in total. The SMILES string of the molecule is OC(CCCCl)Cc1ccc(F)cc1Cl. The van der Waals surface area contributed by atoms with Gasteiger partial charge in [-0.1, -0.05) is 17.7 Å². The number of halogens is 3. The summed E-state index contributed by atoms with van der Waals surface area (Å²) in [7, 11) is 0. The van der Waals surface area contributed by atoms with Gasteiger partial charge in [0.2, 0.25) is 0 Å². The molecule has 0 heterocycles. The summed E-state index contributed by atoms with van der Waals surface area (Å²) >= 11 is 11.3. The summed E-state index contributed by atoms with van der Waals surface area (Å²) in [5.74, 6) is 0.174. The molecule has 0 radical (unpaired) electrons. The lowest BCUT2D eigenvalue weighted by molar-refractivity contribution is 0.164. The second-order valence-corrected chi connectivity index (χ2v) is 4.21. The zero-order valence-corrected chi connectivity index (χ0v) is 9.73. The van der Waals surface area contributed by atoms with Gasteiger partial charge < -0.3 is 5.11 Å². The highest BCUT2D eigenvalue weighted by atomic mass is 35.5. The van der Waals surface area contributed by atoms with Gasteiger partial charge in [-0.25, -0.2) is 4.39 Å². The van der Waals surface area contributed by atoms with Crippen LogP contribution in [0.2, 0.25) is 5.02 Å². The van der Waals surface area contributed by atoms with Crippen LogP contribution < -0.4 is 0 Å². The van der Waals surface area contributed by atoms with Crippen molar-refractivity contribution in [3.05, 3.63) is 34.6 Å². The molecule has 0 aliphatic rings. The third-order valence-corrected chi connectivity index (χ3v) is 2.76. The Labute approximate surface area is 98.8 Å². The summed E-state index contributed by atoms with van der Waals surface area (Å²) in [6, 6.07) is 4.20. The first kappa shape index (κ1) is 12.8. The van der Waals surface area contributed by atoms with Crippen molar-refractivity contribution in [2.45, 2.75) is 25.4 Å². The van der Waals surface area contributed by atoms with Crippen molar-refractivity contribution >= 4 is 23.2 Å². The fourth-order valence-corrected chi connectivity index (χ4v) is 1.75. The van der Waals surface area contributed by atoms with Crippen LogP contribution in [0.4, 0.5) is 4.39 Å². The van der Waals surface area contributed by atoms with Gasteiger partial charge in [-0.3, -0.25) is 0 Å². The van der Waals surface area contributed by atoms with Gasteiger partial charge in [-0.05, 0) is 37.0 Å². The van der Waals surface area contributed by atoms with E-state index in [0.717, 1.165) is 12.0 Å². The molecule has 0 aromatic heterocycles. The van der Waals surface area contributed by atoms with E-state index in [1.807, 2.05) is 0 Å². The van der Waals surface area contributed by atoms with E-state index in [-0.39, 0.29) is 5.82 Å². The first-order valence-electron chi connectivity index (χ1n) is 4.81. The molecule has 84 valence electrons. The molecule has 0 saturated heterocycles. The molecule has 0 aliphatic heterocycles. The Morgan fingerprint density at radius 3 is 2.73 bits per heavy atom. The maximum atomic E-state index is 12.7. The molecule has 15 heavy (non-hydrogen) atoms. The number of hydrogen-bond donors (Lipinski definition) is 1. The second kappa shape index (κ2) is 6.31. The van der Waals surface area contributed by atoms with Crippen LogP contribution in [0, 0.1) is 5.82 Å². The Kier molecular flexibility index (Phi) is 5.37. The van der Waals surface area contributed by atoms with Crippen molar-refractivity contribution in [3.8, 4) is 0 Å². The highest BCUT2D eigenvalue weighted by Crippen LogP contribution is 2.19. The Morgan fingerprint density at radius 1 is 1.40 bits per heavy atom. The fourth-order valence-electron chi connectivity index (χ4n) is 1.36. The van der Waals surface area contributed by atoms with Crippen LogP contribution in [-0.2, 0) is 6.42 Å². The van der Waals surface area contributed by atoms with Crippen molar-refractivity contribution in [2.24, 2.45) is 0 Å². The van der Waals surface area contributed by atoms with Crippen LogP contribution in [0.15, 0.2) is 18.2 Å². The van der Waals surface area contributed by atoms with Gasteiger partial charge in [0, 0.05) is 10.9 Å². The van der Waals surface area contributed by atoms with Crippen LogP contribution in [0.3, 0.4) is 0 Å². The third kappa shape index (κ3) is 4.37. The Bertz CT molecular complexity index is 317. The van der Waals surface area contributed by atoms with E-state index in [2.05, 4.69) is 0 Å². The standard InChI is InChI=1S/C11H13Cl2FO/c12-5-1-2-10(15)6-8-3-4-9(14)7-11(8)13/h3-4,7,10,15H,1-2,5-6H2. The molecule has 0 aliphatic carbocycles. The van der Waals surface area contributed by atoms with Crippen molar-refractivity contribution in [1.82, 2.24) is 0 Å². The highest BCUT2D eigenvalue weighted by Gasteiger charge is 2.08. The first-order valence-corrected chi connectivity index (χ1v) is 5.72. The summed E-state index contributed by atoms with van der Waals surface area (Å²) in [4.78, 5) is 0. The third-order valence-electron chi connectivity index (χ3n) is 2.14. The van der Waals surface area contributed by atoms with E-state index in [4.69, 9.17) is 23.2 Å². The molecule has 1 atom stereocenters. The number of alkyl halides is 1. The molecule has 0 fully saturated rings. The highest BCUT2D eigenvalue weighted by molar-refractivity contribution is 6.31. The summed E-state index contributed by atoms with van der Waals surface area (Å²) in [5, 5.41) is 9.98. The zero-order chi connectivity index (χ0) is 11.3. The molecule has 1 N–H and O–H groups in total. The van der Waals surface area contributed by atoms with E-state index in [0.29, 0.717) is 23.7 Å². The van der Waals surface area contributed by atoms with E-state index < -0.39 is 6.10 Å². The smallest absolute Gasteiger partial charge is 0.124 e. The van der Waals surface area contributed by atoms with E-state index in [9.17, 15) is 9.50 Å². The summed E-state index contributed by atoms with van der Waals surface area (Å²) in [5.41, 5.74) is 0.764. The molecule has 1 unspecified atom stereocenters. The van der Waals surface area contributed by atoms with Crippen LogP contribution in [0.1, 0.15) is 18.4 Å². The van der Waals surface area contributed by atoms with Gasteiger partial charge in [-0.2, -0.15) is 0 Å². The second-order valence-electron chi connectivity index (χ2n) is 3.42. The lowest BCUT2D eigenvalue weighted by Crippen LogP contribution is -2.10. The van der Waals surface area contributed by atoms with Crippen molar-refractivity contribution < 1.29 is 9.50 Å². The predicted octanol–water partition coefficient (Wildman–Crippen LogP) is 3.40. The average molecular weight is 251 g/mol. The van der Waals surface area contributed by atoms with E-state index in [1.54, 1.807) is 6.07 Å². The van der Waals surface area contributed by atoms with Gasteiger partial charge in [0.15, 0.2) is 0 Å². The molecule has 0 amide bonds. The molecule has 1 aromatic rings. The minimum Gasteiger partial charge on any atom is -0.393 e. The molecule has 0 spiro atoms. The minimum atomic E-state index is -0.466. The van der Waals surface area contributed by atoms with E-state index in [1.165, 1.54) is 12.1 Å². The van der Waals surface area contributed by atoms with Crippen molar-refractivity contribution in [2.75, 3.05) is 5.88 Å². The number of aliphatic hydroxyl groups is 1. The molecular weight excluding hydrogens is 238 g/mol. The quantitative estimate of drug-likeness (QED) is 0.795. The van der Waals surface area contributed by atoms with Gasteiger partial charge in [0.25, 0.3) is 0 Å². The number of rotatable bonds is 5. The number of hydrogen-bond acceptors (Lipinski definition) is 1. The van der Waals surface area contributed by atoms with E-state index >= 15 is 0 Å². The van der Waals surface area contributed by atoms with Crippen LogP contribution in [-0.4, -0.2) is 17.1 Å². The molecule has 1 aromatic carbocycles. The minimum absolute atomic E-state index is 0.361. The van der Waals surface area contributed by atoms with Gasteiger partial charge in [-0.15, -0.1) is 11.6 Å². The van der Waals surface area contributed by atoms with Gasteiger partial charge in [0.1, 0.15) is 5.82 Å². The Hall–Kier alpha value is -0.310. The molecule has 1 rings (SSSR count). The summed E-state index contributed by atoms with van der Waals surface area (Å²) in [6.45, 7) is 0. The van der Waals surface area contributed by atoms with Crippen molar-refractivity contribution in [3.63, 3.8) is 0 Å². The molecule has 0 saturated carbocycles. The maximum Gasteiger partial charge on any atom is 0.124 e. The fraction of sp³-hybridized carbons (Fsp3) is 0.455. The monoisotopic (exact) mass is 250 g/mol. The molecular formula is C11H13Cl2FO. The zero-order valence-electron chi connectivity index (χ0n) is 8.22. The average Bonchev–Trinajstić information content (AvgIpc) is 2.19. The largest absolute Gasteiger partial charge is 0.393 e. The number of aliphatic hydroxyl groups excluding tert-OH is 1. The lowest BCUT2D eigenvalue weighted by atomic mass is 10.0. The number of benzene rings is 1. The van der Waals surface area contributed by atoms with Gasteiger partial charge >= 0.3 is 0 Å². The molecule has 0 bridgehead atoms. The molecule has 4 heteroatoms. The van der Waals surface area contributed by atoms with Gasteiger partial charge in [0.05, 0.1) is 6.10 Å².